The molecule has 0 amide bonds. The van der Waals surface area contributed by atoms with Crippen LogP contribution in [0, 0.1) is 0 Å². The van der Waals surface area contributed by atoms with E-state index in [9.17, 15) is 13.0 Å². The Morgan fingerprint density at radius 3 is 1.79 bits per heavy atom. The summed E-state index contributed by atoms with van der Waals surface area (Å²) in [7, 11) is -4.51. The Bertz CT molecular complexity index is 837. The molecule has 0 fully saturated rings. The van der Waals surface area contributed by atoms with Gasteiger partial charge < -0.3 is 4.55 Å². The van der Waals surface area contributed by atoms with E-state index in [0.717, 1.165) is 16.5 Å². The van der Waals surface area contributed by atoms with Crippen LogP contribution in [0.3, 0.4) is 0 Å². The molecule has 0 radical (unpaired) electrons. The van der Waals surface area contributed by atoms with Crippen molar-refractivity contribution in [2.24, 2.45) is 0 Å². The predicted molar refractivity (Wildman–Crippen MR) is 94.2 cm³/mol. The Labute approximate surface area is 167 Å². The van der Waals surface area contributed by atoms with Crippen LogP contribution in [0.4, 0.5) is 0 Å². The second kappa shape index (κ2) is 7.88. The van der Waals surface area contributed by atoms with Crippen LogP contribution < -0.4 is 29.6 Å². The van der Waals surface area contributed by atoms with Gasteiger partial charge in [-0.2, -0.15) is 0 Å². The Morgan fingerprint density at radius 1 is 0.833 bits per heavy atom. The molecule has 0 saturated heterocycles. The van der Waals surface area contributed by atoms with Crippen molar-refractivity contribution in [3.8, 4) is 0 Å². The first kappa shape index (κ1) is 21.7. The normalized spacial score (nSPS) is 12.2. The third-order valence-electron chi connectivity index (χ3n) is 4.34. The summed E-state index contributed by atoms with van der Waals surface area (Å²) in [6.07, 6.45) is 0. The molecule has 0 saturated carbocycles. The Hall–Kier alpha value is -0.390. The fourth-order valence-corrected chi connectivity index (χ4v) is 3.74. The molecule has 0 heterocycles. The van der Waals surface area contributed by atoms with Gasteiger partial charge in [0.2, 0.25) is 0 Å². The third kappa shape index (κ3) is 4.23. The van der Waals surface area contributed by atoms with Gasteiger partial charge in [-0.1, -0.05) is 59.7 Å². The second-order valence-electron chi connectivity index (χ2n) is 7.10. The van der Waals surface area contributed by atoms with Crippen LogP contribution in [0.1, 0.15) is 76.0 Å². The van der Waals surface area contributed by atoms with E-state index in [1.807, 2.05) is 13.8 Å². The van der Waals surface area contributed by atoms with Crippen LogP contribution in [-0.4, -0.2) is 13.0 Å². The Balaban J connectivity index is 0.00000288. The molecule has 0 aromatic heterocycles. The SMILES string of the molecule is CC(C)c1cc(C(C)C)c2c(S(=O)(=O)[O-])ccc(C(C)C)c2c1.[Na+]. The predicted octanol–water partition coefficient (Wildman–Crippen LogP) is 2.12. The van der Waals surface area contributed by atoms with Crippen LogP contribution in [0.5, 0.6) is 0 Å². The zero-order chi connectivity index (χ0) is 17.5. The standard InChI is InChI=1S/C19H26O3S.Na/c1-11(2)14-9-16(13(5)6)19-17(10-14)15(12(3)4)7-8-18(19)23(20,21)22;/h7-13H,1-6H3,(H,20,21,22);/q;+1/p-1. The van der Waals surface area contributed by atoms with Crippen molar-refractivity contribution in [3.05, 3.63) is 41.0 Å². The minimum Gasteiger partial charge on any atom is -0.744 e. The van der Waals surface area contributed by atoms with Crippen molar-refractivity contribution in [3.63, 3.8) is 0 Å². The summed E-state index contributed by atoms with van der Waals surface area (Å²) >= 11 is 0. The number of hydrogen-bond acceptors (Lipinski definition) is 3. The summed E-state index contributed by atoms with van der Waals surface area (Å²) in [5.74, 6) is 0.729. The molecule has 0 aliphatic heterocycles. The van der Waals surface area contributed by atoms with Crippen molar-refractivity contribution in [2.45, 2.75) is 64.2 Å². The van der Waals surface area contributed by atoms with Gasteiger partial charge >= 0.3 is 29.6 Å². The van der Waals surface area contributed by atoms with Crippen LogP contribution in [0.25, 0.3) is 10.8 Å². The van der Waals surface area contributed by atoms with E-state index in [1.165, 1.54) is 11.6 Å². The van der Waals surface area contributed by atoms with Crippen LogP contribution >= 0.6 is 0 Å². The van der Waals surface area contributed by atoms with E-state index in [-0.39, 0.29) is 46.3 Å². The third-order valence-corrected chi connectivity index (χ3v) is 5.22. The zero-order valence-corrected chi connectivity index (χ0v) is 18.5. The Kier molecular flexibility index (Phi) is 7.11. The summed E-state index contributed by atoms with van der Waals surface area (Å²) < 4.78 is 35.3. The Morgan fingerprint density at radius 2 is 1.38 bits per heavy atom. The average molecular weight is 356 g/mol. The molecule has 0 N–H and O–H groups in total. The fraction of sp³-hybridized carbons (Fsp3) is 0.474. The fourth-order valence-electron chi connectivity index (χ4n) is 3.03. The maximum atomic E-state index is 11.8. The molecule has 0 spiro atoms. The van der Waals surface area contributed by atoms with E-state index in [2.05, 4.69) is 39.8 Å². The van der Waals surface area contributed by atoms with Gasteiger partial charge in [0.05, 0.1) is 4.90 Å². The van der Waals surface area contributed by atoms with E-state index in [4.69, 9.17) is 0 Å². The minimum atomic E-state index is -4.51. The van der Waals surface area contributed by atoms with Crippen molar-refractivity contribution >= 4 is 20.9 Å². The minimum absolute atomic E-state index is 0. The molecule has 0 aliphatic rings. The van der Waals surface area contributed by atoms with Crippen molar-refractivity contribution in [2.75, 3.05) is 0 Å². The number of hydrogen-bond donors (Lipinski definition) is 0. The number of rotatable bonds is 4. The molecule has 0 bridgehead atoms. The zero-order valence-electron chi connectivity index (χ0n) is 15.7. The van der Waals surface area contributed by atoms with Crippen molar-refractivity contribution < 1.29 is 42.5 Å². The molecule has 24 heavy (non-hydrogen) atoms. The van der Waals surface area contributed by atoms with E-state index in [1.54, 1.807) is 6.07 Å². The van der Waals surface area contributed by atoms with Crippen molar-refractivity contribution in [1.82, 2.24) is 0 Å². The van der Waals surface area contributed by atoms with Gasteiger partial charge in [-0.3, -0.25) is 0 Å². The molecule has 2 aromatic rings. The maximum Gasteiger partial charge on any atom is 1.00 e. The van der Waals surface area contributed by atoms with Gasteiger partial charge in [0.1, 0.15) is 10.1 Å². The van der Waals surface area contributed by atoms with E-state index >= 15 is 0 Å². The smallest absolute Gasteiger partial charge is 0.744 e. The summed E-state index contributed by atoms with van der Waals surface area (Å²) in [5.41, 5.74) is 3.18. The topological polar surface area (TPSA) is 57.2 Å². The van der Waals surface area contributed by atoms with Gasteiger partial charge in [0, 0.05) is 5.39 Å². The number of fused-ring (bicyclic) bond motifs is 1. The van der Waals surface area contributed by atoms with Crippen LogP contribution in [0.15, 0.2) is 29.2 Å². The molecular weight excluding hydrogens is 331 g/mol. The molecule has 0 atom stereocenters. The number of benzene rings is 2. The monoisotopic (exact) mass is 356 g/mol. The summed E-state index contributed by atoms with van der Waals surface area (Å²) in [6, 6.07) is 7.36. The molecule has 5 heteroatoms. The van der Waals surface area contributed by atoms with Crippen LogP contribution in [-0.2, 0) is 10.1 Å². The largest absolute Gasteiger partial charge is 1.00 e. The molecule has 0 unspecified atom stereocenters. The summed E-state index contributed by atoms with van der Waals surface area (Å²) in [4.78, 5) is -0.101. The molecule has 126 valence electrons. The average Bonchev–Trinajstić information content (AvgIpc) is 2.43. The maximum absolute atomic E-state index is 11.8. The quantitative estimate of drug-likeness (QED) is 0.623. The van der Waals surface area contributed by atoms with Crippen LogP contribution in [0.2, 0.25) is 0 Å². The van der Waals surface area contributed by atoms with Gasteiger partial charge in [0.25, 0.3) is 0 Å². The summed E-state index contributed by atoms with van der Waals surface area (Å²) in [6.45, 7) is 12.5. The molecule has 2 aromatic carbocycles. The molecule has 0 aliphatic carbocycles. The first-order chi connectivity index (χ1) is 10.5. The van der Waals surface area contributed by atoms with E-state index in [0.29, 0.717) is 11.3 Å². The van der Waals surface area contributed by atoms with Gasteiger partial charge in [-0.15, -0.1) is 0 Å². The van der Waals surface area contributed by atoms with Gasteiger partial charge in [-0.25, -0.2) is 8.42 Å². The second-order valence-corrected chi connectivity index (χ2v) is 8.45. The summed E-state index contributed by atoms with van der Waals surface area (Å²) in [5, 5.41) is 1.50. The van der Waals surface area contributed by atoms with Gasteiger partial charge in [0.15, 0.2) is 0 Å². The van der Waals surface area contributed by atoms with Gasteiger partial charge in [-0.05, 0) is 45.9 Å². The molecular formula is C19H25NaO3S. The van der Waals surface area contributed by atoms with Crippen molar-refractivity contribution in [1.29, 1.82) is 0 Å². The molecule has 3 nitrogen and oxygen atoms in total. The molecule has 2 rings (SSSR count). The van der Waals surface area contributed by atoms with E-state index < -0.39 is 10.1 Å². The first-order valence-electron chi connectivity index (χ1n) is 8.10. The first-order valence-corrected chi connectivity index (χ1v) is 9.51.